The number of aliphatic imine (C=N–C) groups is 1. The highest BCUT2D eigenvalue weighted by Crippen LogP contribution is 2.26. The Morgan fingerprint density at radius 2 is 1.96 bits per heavy atom. The van der Waals surface area contributed by atoms with Crippen molar-refractivity contribution < 1.29 is 4.79 Å². The van der Waals surface area contributed by atoms with Crippen molar-refractivity contribution in [3.8, 4) is 0 Å². The summed E-state index contributed by atoms with van der Waals surface area (Å²) >= 11 is 0. The molecule has 2 heterocycles. The molecule has 2 saturated heterocycles. The molecule has 6 nitrogen and oxygen atoms in total. The number of primary amides is 1. The maximum absolute atomic E-state index is 11.3. The Morgan fingerprint density at radius 3 is 2.64 bits per heavy atom. The number of rotatable bonds is 7. The average Bonchev–Trinajstić information content (AvgIpc) is 3.22. The van der Waals surface area contributed by atoms with Crippen LogP contribution in [-0.2, 0) is 4.79 Å². The van der Waals surface area contributed by atoms with Crippen LogP contribution in [0.3, 0.4) is 0 Å². The zero-order valence-electron chi connectivity index (χ0n) is 17.1. The van der Waals surface area contributed by atoms with Gasteiger partial charge in [0.1, 0.15) is 0 Å². The summed E-state index contributed by atoms with van der Waals surface area (Å²) in [6.45, 7) is 7.84. The van der Waals surface area contributed by atoms with Crippen molar-refractivity contribution in [2.45, 2.75) is 45.1 Å². The van der Waals surface area contributed by atoms with E-state index in [2.05, 4.69) is 52.4 Å². The van der Waals surface area contributed by atoms with E-state index >= 15 is 0 Å². The molecule has 154 valence electrons. The van der Waals surface area contributed by atoms with Gasteiger partial charge in [-0.3, -0.25) is 14.7 Å². The van der Waals surface area contributed by atoms with Crippen LogP contribution in [0.4, 0.5) is 0 Å². The van der Waals surface area contributed by atoms with Crippen molar-refractivity contribution in [2.24, 2.45) is 16.6 Å². The molecule has 0 radical (unpaired) electrons. The minimum atomic E-state index is -0.202. The Labute approximate surface area is 169 Å². The molecule has 1 aromatic carbocycles. The van der Waals surface area contributed by atoms with E-state index in [9.17, 15) is 4.79 Å². The molecule has 0 aliphatic carbocycles. The summed E-state index contributed by atoms with van der Waals surface area (Å²) in [7, 11) is 0. The van der Waals surface area contributed by atoms with Gasteiger partial charge < -0.3 is 16.0 Å². The second-order valence-corrected chi connectivity index (χ2v) is 7.99. The van der Waals surface area contributed by atoms with E-state index in [4.69, 9.17) is 10.7 Å². The van der Waals surface area contributed by atoms with Gasteiger partial charge in [0, 0.05) is 26.1 Å². The van der Waals surface area contributed by atoms with Gasteiger partial charge in [0.25, 0.3) is 0 Å². The zero-order chi connectivity index (χ0) is 19.8. The number of benzene rings is 1. The second kappa shape index (κ2) is 10.5. The Balaban J connectivity index is 1.73. The van der Waals surface area contributed by atoms with Gasteiger partial charge in [-0.2, -0.15) is 0 Å². The van der Waals surface area contributed by atoms with E-state index in [1.54, 1.807) is 0 Å². The number of hydrogen-bond acceptors (Lipinski definition) is 3. The first kappa shape index (κ1) is 20.6. The molecule has 3 N–H and O–H groups in total. The number of carbonyl (C=O) groups excluding carboxylic acids is 1. The van der Waals surface area contributed by atoms with Crippen molar-refractivity contribution in [1.82, 2.24) is 15.1 Å². The summed E-state index contributed by atoms with van der Waals surface area (Å²) in [5.41, 5.74) is 6.77. The highest BCUT2D eigenvalue weighted by molar-refractivity contribution is 5.80. The van der Waals surface area contributed by atoms with Gasteiger partial charge in [-0.1, -0.05) is 30.3 Å². The van der Waals surface area contributed by atoms with Crippen molar-refractivity contribution in [3.63, 3.8) is 0 Å². The van der Waals surface area contributed by atoms with E-state index in [1.165, 1.54) is 18.4 Å². The maximum atomic E-state index is 11.3. The maximum Gasteiger partial charge on any atom is 0.217 e. The number of carbonyl (C=O) groups is 1. The molecule has 2 atom stereocenters. The molecule has 28 heavy (non-hydrogen) atoms. The number of amides is 1. The monoisotopic (exact) mass is 385 g/mol. The number of piperidine rings is 1. The number of likely N-dealkylation sites (tertiary alicyclic amines) is 2. The predicted octanol–water partition coefficient (Wildman–Crippen LogP) is 2.38. The summed E-state index contributed by atoms with van der Waals surface area (Å²) in [5.74, 6) is 1.10. The summed E-state index contributed by atoms with van der Waals surface area (Å²) < 4.78 is 0. The molecular weight excluding hydrogens is 350 g/mol. The molecular formula is C22H35N5O. The summed E-state index contributed by atoms with van der Waals surface area (Å²) in [4.78, 5) is 21.3. The van der Waals surface area contributed by atoms with Crippen LogP contribution >= 0.6 is 0 Å². The fourth-order valence-electron chi connectivity index (χ4n) is 4.47. The van der Waals surface area contributed by atoms with Gasteiger partial charge >= 0.3 is 0 Å². The van der Waals surface area contributed by atoms with Crippen LogP contribution in [0.25, 0.3) is 0 Å². The van der Waals surface area contributed by atoms with E-state index in [0.717, 1.165) is 58.1 Å². The van der Waals surface area contributed by atoms with E-state index in [1.807, 2.05) is 0 Å². The molecule has 3 rings (SSSR count). The molecule has 1 aromatic rings. The Hall–Kier alpha value is -2.08. The lowest BCUT2D eigenvalue weighted by atomic mass is 9.95. The Bertz CT molecular complexity index is 642. The first-order chi connectivity index (χ1) is 13.7. The number of nitrogens with one attached hydrogen (secondary N) is 1. The molecule has 0 aromatic heterocycles. The standard InChI is InChI=1S/C22H35N5O/c1-2-24-22(27-14-8-9-18(17-27)15-21(23)28)25-16-20(26-12-6-7-13-26)19-10-4-3-5-11-19/h3-5,10-11,18,20H,2,6-9,12-17H2,1H3,(H2,23,28)(H,24,25). The van der Waals surface area contributed by atoms with Crippen LogP contribution in [-0.4, -0.2) is 60.9 Å². The molecule has 2 unspecified atom stereocenters. The van der Waals surface area contributed by atoms with Crippen molar-refractivity contribution in [3.05, 3.63) is 35.9 Å². The molecule has 0 spiro atoms. The number of guanidine groups is 1. The smallest absolute Gasteiger partial charge is 0.217 e. The van der Waals surface area contributed by atoms with Gasteiger partial charge in [0.2, 0.25) is 5.91 Å². The SMILES string of the molecule is CCNC(=NCC(c1ccccc1)N1CCCC1)N1CCCC(CC(N)=O)C1. The van der Waals surface area contributed by atoms with Crippen LogP contribution in [0.2, 0.25) is 0 Å². The highest BCUT2D eigenvalue weighted by atomic mass is 16.1. The predicted molar refractivity (Wildman–Crippen MR) is 114 cm³/mol. The minimum Gasteiger partial charge on any atom is -0.370 e. The molecule has 0 bridgehead atoms. The second-order valence-electron chi connectivity index (χ2n) is 7.99. The van der Waals surface area contributed by atoms with Gasteiger partial charge in [-0.25, -0.2) is 0 Å². The zero-order valence-corrected chi connectivity index (χ0v) is 17.1. The largest absolute Gasteiger partial charge is 0.370 e. The molecule has 6 heteroatoms. The lowest BCUT2D eigenvalue weighted by Gasteiger charge is -2.35. The molecule has 2 aliphatic heterocycles. The van der Waals surface area contributed by atoms with E-state index in [-0.39, 0.29) is 5.91 Å². The van der Waals surface area contributed by atoms with Crippen LogP contribution < -0.4 is 11.1 Å². The first-order valence-corrected chi connectivity index (χ1v) is 10.8. The molecule has 1 amide bonds. The van der Waals surface area contributed by atoms with E-state index < -0.39 is 0 Å². The topological polar surface area (TPSA) is 74.0 Å². The third-order valence-electron chi connectivity index (χ3n) is 5.82. The molecule has 2 fully saturated rings. The number of hydrogen-bond donors (Lipinski definition) is 2. The highest BCUT2D eigenvalue weighted by Gasteiger charge is 2.26. The minimum absolute atomic E-state index is 0.202. The van der Waals surface area contributed by atoms with Crippen LogP contribution in [0.15, 0.2) is 35.3 Å². The molecule has 2 aliphatic rings. The van der Waals surface area contributed by atoms with Crippen LogP contribution in [0.1, 0.15) is 50.6 Å². The third kappa shape index (κ3) is 5.71. The van der Waals surface area contributed by atoms with Gasteiger partial charge in [0.15, 0.2) is 5.96 Å². The Kier molecular flexibility index (Phi) is 7.71. The fourth-order valence-corrected chi connectivity index (χ4v) is 4.47. The van der Waals surface area contributed by atoms with Crippen molar-refractivity contribution >= 4 is 11.9 Å². The summed E-state index contributed by atoms with van der Waals surface area (Å²) in [6, 6.07) is 11.1. The molecule has 0 saturated carbocycles. The fraction of sp³-hybridized carbons (Fsp3) is 0.636. The van der Waals surface area contributed by atoms with Crippen molar-refractivity contribution in [1.29, 1.82) is 0 Å². The van der Waals surface area contributed by atoms with Crippen LogP contribution in [0.5, 0.6) is 0 Å². The van der Waals surface area contributed by atoms with Gasteiger partial charge in [0.05, 0.1) is 12.6 Å². The first-order valence-electron chi connectivity index (χ1n) is 10.8. The lowest BCUT2D eigenvalue weighted by Crippen LogP contribution is -2.47. The van der Waals surface area contributed by atoms with Crippen LogP contribution in [0, 0.1) is 5.92 Å². The summed E-state index contributed by atoms with van der Waals surface area (Å²) in [6.07, 6.45) is 5.16. The van der Waals surface area contributed by atoms with Crippen molar-refractivity contribution in [2.75, 3.05) is 39.3 Å². The van der Waals surface area contributed by atoms with E-state index in [0.29, 0.717) is 18.4 Å². The third-order valence-corrected chi connectivity index (χ3v) is 5.82. The Morgan fingerprint density at radius 1 is 1.21 bits per heavy atom. The van der Waals surface area contributed by atoms with Gasteiger partial charge in [-0.05, 0) is 57.2 Å². The quantitative estimate of drug-likeness (QED) is 0.558. The number of nitrogens with zero attached hydrogens (tertiary/aromatic N) is 3. The lowest BCUT2D eigenvalue weighted by molar-refractivity contribution is -0.119. The van der Waals surface area contributed by atoms with Gasteiger partial charge in [-0.15, -0.1) is 0 Å². The summed E-state index contributed by atoms with van der Waals surface area (Å²) in [5, 5.41) is 3.46. The average molecular weight is 386 g/mol. The number of nitrogens with two attached hydrogens (primary N) is 1. The normalized spacial score (nSPS) is 22.2.